The van der Waals surface area contributed by atoms with Crippen LogP contribution in [0.3, 0.4) is 0 Å². The Morgan fingerprint density at radius 3 is 2.21 bits per heavy atom. The largest absolute Gasteiger partial charge is 0.316 e. The molecule has 3 heteroatoms. The minimum atomic E-state index is 0.894. The minimum Gasteiger partial charge on any atom is -0.316 e. The van der Waals surface area contributed by atoms with Crippen molar-refractivity contribution in [2.45, 2.75) is 13.8 Å². The highest BCUT2D eigenvalue weighted by Crippen LogP contribution is 2.25. The lowest BCUT2D eigenvalue weighted by molar-refractivity contribution is 0.956. The van der Waals surface area contributed by atoms with E-state index in [1.807, 2.05) is 30.5 Å². The predicted octanol–water partition coefficient (Wildman–Crippen LogP) is 3.55. The fraction of sp³-hybridized carbons (Fsp3) is 0.125. The molecule has 0 aliphatic rings. The summed E-state index contributed by atoms with van der Waals surface area (Å²) in [7, 11) is 0. The second-order valence-electron chi connectivity index (χ2n) is 4.54. The van der Waals surface area contributed by atoms with Gasteiger partial charge in [-0.3, -0.25) is 9.97 Å². The van der Waals surface area contributed by atoms with E-state index in [1.54, 1.807) is 6.20 Å². The third-order valence-electron chi connectivity index (χ3n) is 3.21. The monoisotopic (exact) mass is 249 g/mol. The smallest absolute Gasteiger partial charge is 0.113 e. The van der Waals surface area contributed by atoms with Crippen molar-refractivity contribution in [3.8, 4) is 17.1 Å². The second-order valence-corrected chi connectivity index (χ2v) is 4.54. The molecule has 0 aliphatic heterocycles. The number of pyridine rings is 2. The molecule has 0 aliphatic carbocycles. The van der Waals surface area contributed by atoms with Crippen LogP contribution in [-0.4, -0.2) is 14.5 Å². The molecule has 0 bridgehead atoms. The third-order valence-corrected chi connectivity index (χ3v) is 3.21. The summed E-state index contributed by atoms with van der Waals surface area (Å²) in [6.45, 7) is 4.20. The van der Waals surface area contributed by atoms with Gasteiger partial charge >= 0.3 is 0 Å². The van der Waals surface area contributed by atoms with Crippen LogP contribution in [0.2, 0.25) is 0 Å². The maximum Gasteiger partial charge on any atom is 0.113 e. The van der Waals surface area contributed by atoms with Crippen molar-refractivity contribution >= 4 is 0 Å². The topological polar surface area (TPSA) is 30.7 Å². The number of hydrogen-bond donors (Lipinski definition) is 0. The van der Waals surface area contributed by atoms with Gasteiger partial charge in [-0.25, -0.2) is 0 Å². The lowest BCUT2D eigenvalue weighted by atomic mass is 10.2. The van der Waals surface area contributed by atoms with Crippen molar-refractivity contribution in [2.24, 2.45) is 0 Å². The van der Waals surface area contributed by atoms with Gasteiger partial charge in [0.1, 0.15) is 5.69 Å². The molecule has 0 fully saturated rings. The first-order valence-corrected chi connectivity index (χ1v) is 6.29. The number of nitrogens with zero attached hydrogens (tertiary/aromatic N) is 3. The van der Waals surface area contributed by atoms with E-state index < -0.39 is 0 Å². The molecule has 0 aromatic carbocycles. The number of hydrogen-bond acceptors (Lipinski definition) is 2. The van der Waals surface area contributed by atoms with Crippen molar-refractivity contribution in [1.82, 2.24) is 14.5 Å². The summed E-state index contributed by atoms with van der Waals surface area (Å²) in [5.41, 5.74) is 5.27. The van der Waals surface area contributed by atoms with Crippen LogP contribution in [0.25, 0.3) is 17.1 Å². The Balaban J connectivity index is 2.24. The van der Waals surface area contributed by atoms with E-state index >= 15 is 0 Å². The van der Waals surface area contributed by atoms with Crippen LogP contribution >= 0.6 is 0 Å². The summed E-state index contributed by atoms with van der Waals surface area (Å²) in [5, 5.41) is 0. The highest BCUT2D eigenvalue weighted by molar-refractivity contribution is 5.66. The molecule has 0 unspecified atom stereocenters. The SMILES string of the molecule is Cc1ccc(C)n1-c1cccnc1-c1ccccn1. The Morgan fingerprint density at radius 2 is 1.53 bits per heavy atom. The molecule has 94 valence electrons. The molecule has 0 saturated carbocycles. The Hall–Kier alpha value is -2.42. The molecule has 3 aromatic rings. The zero-order chi connectivity index (χ0) is 13.2. The first kappa shape index (κ1) is 11.7. The van der Waals surface area contributed by atoms with E-state index in [9.17, 15) is 0 Å². The van der Waals surface area contributed by atoms with E-state index in [1.165, 1.54) is 11.4 Å². The van der Waals surface area contributed by atoms with Crippen LogP contribution in [0.15, 0.2) is 54.9 Å². The molecule has 0 saturated heterocycles. The second kappa shape index (κ2) is 4.69. The van der Waals surface area contributed by atoms with Crippen LogP contribution in [0.1, 0.15) is 11.4 Å². The van der Waals surface area contributed by atoms with Crippen molar-refractivity contribution < 1.29 is 0 Å². The molecule has 0 spiro atoms. The van der Waals surface area contributed by atoms with Gasteiger partial charge in [-0.05, 0) is 50.2 Å². The fourth-order valence-electron chi connectivity index (χ4n) is 2.33. The Bertz CT molecular complexity index is 680. The molecule has 3 heterocycles. The Kier molecular flexibility index (Phi) is 2.88. The molecule has 0 radical (unpaired) electrons. The van der Waals surface area contributed by atoms with Gasteiger partial charge in [-0.15, -0.1) is 0 Å². The molecule has 3 nitrogen and oxygen atoms in total. The van der Waals surface area contributed by atoms with Gasteiger partial charge in [0, 0.05) is 23.8 Å². The normalized spacial score (nSPS) is 10.6. The average Bonchev–Trinajstić information content (AvgIpc) is 2.79. The Labute approximate surface area is 112 Å². The van der Waals surface area contributed by atoms with Crippen molar-refractivity contribution in [1.29, 1.82) is 0 Å². The summed E-state index contributed by atoms with van der Waals surface area (Å²) >= 11 is 0. The number of aromatic nitrogens is 3. The number of rotatable bonds is 2. The molecular formula is C16H15N3. The predicted molar refractivity (Wildman–Crippen MR) is 76.3 cm³/mol. The van der Waals surface area contributed by atoms with E-state index in [2.05, 4.69) is 46.6 Å². The van der Waals surface area contributed by atoms with Gasteiger partial charge in [0.05, 0.1) is 11.4 Å². The summed E-state index contributed by atoms with van der Waals surface area (Å²) in [4.78, 5) is 8.91. The summed E-state index contributed by atoms with van der Waals surface area (Å²) < 4.78 is 2.21. The first-order valence-electron chi connectivity index (χ1n) is 6.29. The lowest BCUT2D eigenvalue weighted by Gasteiger charge is -2.13. The van der Waals surface area contributed by atoms with E-state index in [0.717, 1.165) is 17.1 Å². The van der Waals surface area contributed by atoms with Crippen molar-refractivity contribution in [3.05, 3.63) is 66.2 Å². The van der Waals surface area contributed by atoms with E-state index in [4.69, 9.17) is 0 Å². The standard InChI is InChI=1S/C16H15N3/c1-12-8-9-13(2)19(12)15-7-5-11-18-16(15)14-6-3-4-10-17-14/h3-11H,1-2H3. The van der Waals surface area contributed by atoms with Gasteiger partial charge in [-0.2, -0.15) is 0 Å². The van der Waals surface area contributed by atoms with Gasteiger partial charge in [0.2, 0.25) is 0 Å². The summed E-state index contributed by atoms with van der Waals surface area (Å²) in [5.74, 6) is 0. The molecule has 0 amide bonds. The van der Waals surface area contributed by atoms with Gasteiger partial charge in [0.25, 0.3) is 0 Å². The highest BCUT2D eigenvalue weighted by atomic mass is 15.0. The van der Waals surface area contributed by atoms with Crippen LogP contribution in [0.4, 0.5) is 0 Å². The molecule has 19 heavy (non-hydrogen) atoms. The fourth-order valence-corrected chi connectivity index (χ4v) is 2.33. The van der Waals surface area contributed by atoms with Crippen molar-refractivity contribution in [2.75, 3.05) is 0 Å². The molecule has 3 aromatic heterocycles. The number of aryl methyl sites for hydroxylation is 2. The van der Waals surface area contributed by atoms with Gasteiger partial charge < -0.3 is 4.57 Å². The van der Waals surface area contributed by atoms with Crippen LogP contribution in [0.5, 0.6) is 0 Å². The minimum absolute atomic E-state index is 0.894. The summed E-state index contributed by atoms with van der Waals surface area (Å²) in [6, 6.07) is 14.2. The van der Waals surface area contributed by atoms with Crippen LogP contribution < -0.4 is 0 Å². The molecule has 0 atom stereocenters. The van der Waals surface area contributed by atoms with Crippen LogP contribution in [-0.2, 0) is 0 Å². The summed E-state index contributed by atoms with van der Waals surface area (Å²) in [6.07, 6.45) is 3.60. The van der Waals surface area contributed by atoms with Gasteiger partial charge in [-0.1, -0.05) is 6.07 Å². The average molecular weight is 249 g/mol. The Morgan fingerprint density at radius 1 is 0.789 bits per heavy atom. The van der Waals surface area contributed by atoms with E-state index in [0.29, 0.717) is 0 Å². The van der Waals surface area contributed by atoms with E-state index in [-0.39, 0.29) is 0 Å². The first-order chi connectivity index (χ1) is 9.27. The molecule has 0 N–H and O–H groups in total. The zero-order valence-electron chi connectivity index (χ0n) is 11.0. The lowest BCUT2D eigenvalue weighted by Crippen LogP contribution is -2.02. The van der Waals surface area contributed by atoms with Crippen molar-refractivity contribution in [3.63, 3.8) is 0 Å². The maximum absolute atomic E-state index is 4.50. The zero-order valence-corrected chi connectivity index (χ0v) is 11.0. The highest BCUT2D eigenvalue weighted by Gasteiger charge is 2.11. The maximum atomic E-state index is 4.50. The third kappa shape index (κ3) is 2.03. The quantitative estimate of drug-likeness (QED) is 0.695. The molecule has 3 rings (SSSR count). The van der Waals surface area contributed by atoms with Crippen LogP contribution in [0, 0.1) is 13.8 Å². The molecular weight excluding hydrogens is 234 g/mol. The van der Waals surface area contributed by atoms with Gasteiger partial charge in [0.15, 0.2) is 0 Å².